The Labute approximate surface area is 183 Å². The van der Waals surface area contributed by atoms with Crippen LogP contribution in [-0.4, -0.2) is 66.3 Å². The lowest BCUT2D eigenvalue weighted by Crippen LogP contribution is -2.41. The molecule has 0 bridgehead atoms. The molecule has 4 rings (SSSR count). The van der Waals surface area contributed by atoms with E-state index in [4.69, 9.17) is 9.72 Å². The zero-order valence-electron chi connectivity index (χ0n) is 17.9. The Morgan fingerprint density at radius 1 is 1.10 bits per heavy atom. The third-order valence-corrected chi connectivity index (χ3v) is 5.30. The normalized spacial score (nSPS) is 14.5. The number of nitrogens with one attached hydrogen (secondary N) is 2. The highest BCUT2D eigenvalue weighted by Gasteiger charge is 2.14. The molecule has 7 nitrogen and oxygen atoms in total. The first-order valence-corrected chi connectivity index (χ1v) is 10.7. The smallest absolute Gasteiger partial charge is 0.240 e. The fourth-order valence-electron chi connectivity index (χ4n) is 3.62. The van der Waals surface area contributed by atoms with Crippen molar-refractivity contribution in [3.8, 4) is 16.9 Å². The van der Waals surface area contributed by atoms with Gasteiger partial charge in [0.25, 0.3) is 0 Å². The summed E-state index contributed by atoms with van der Waals surface area (Å²) in [4.78, 5) is 19.6. The second-order valence-corrected chi connectivity index (χ2v) is 7.70. The molecule has 1 fully saturated rings. The average molecular weight is 420 g/mol. The van der Waals surface area contributed by atoms with Gasteiger partial charge < -0.3 is 10.1 Å². The van der Waals surface area contributed by atoms with Crippen LogP contribution in [0.1, 0.15) is 5.56 Å². The number of morpholine rings is 1. The zero-order valence-corrected chi connectivity index (χ0v) is 17.9. The molecule has 0 unspecified atom stereocenters. The summed E-state index contributed by atoms with van der Waals surface area (Å²) >= 11 is 0. The van der Waals surface area contributed by atoms with E-state index < -0.39 is 0 Å². The van der Waals surface area contributed by atoms with Gasteiger partial charge in [-0.15, -0.1) is 0 Å². The van der Waals surface area contributed by atoms with Gasteiger partial charge in [0.15, 0.2) is 0 Å². The molecule has 1 aliphatic rings. The van der Waals surface area contributed by atoms with E-state index in [1.54, 1.807) is 0 Å². The van der Waals surface area contributed by atoms with Gasteiger partial charge in [-0.2, -0.15) is 0 Å². The summed E-state index contributed by atoms with van der Waals surface area (Å²) < 4.78 is 7.30. The van der Waals surface area contributed by atoms with Gasteiger partial charge in [0.2, 0.25) is 11.9 Å². The van der Waals surface area contributed by atoms with Crippen LogP contribution in [0.15, 0.2) is 60.8 Å². The van der Waals surface area contributed by atoms with Crippen LogP contribution >= 0.6 is 0 Å². The SMILES string of the molecule is Cc1cccc(-n2cc(-c3ccccc3)nc2NC(=O)CNCCN2CCOCC2)c1. The van der Waals surface area contributed by atoms with Gasteiger partial charge in [0.05, 0.1) is 25.5 Å². The van der Waals surface area contributed by atoms with Gasteiger partial charge >= 0.3 is 0 Å². The number of hydrogen-bond acceptors (Lipinski definition) is 5. The van der Waals surface area contributed by atoms with Crippen LogP contribution in [0.25, 0.3) is 16.9 Å². The number of hydrogen-bond donors (Lipinski definition) is 2. The van der Waals surface area contributed by atoms with Crippen LogP contribution in [0.2, 0.25) is 0 Å². The highest BCUT2D eigenvalue weighted by Crippen LogP contribution is 2.24. The quantitative estimate of drug-likeness (QED) is 0.550. The molecule has 0 saturated carbocycles. The number of aryl methyl sites for hydroxylation is 1. The Morgan fingerprint density at radius 2 is 1.90 bits per heavy atom. The van der Waals surface area contributed by atoms with Crippen LogP contribution in [0.3, 0.4) is 0 Å². The fourth-order valence-corrected chi connectivity index (χ4v) is 3.62. The number of aromatic nitrogens is 2. The molecule has 0 spiro atoms. The van der Waals surface area contributed by atoms with E-state index in [2.05, 4.69) is 34.6 Å². The molecule has 1 aliphatic heterocycles. The monoisotopic (exact) mass is 419 g/mol. The van der Waals surface area contributed by atoms with E-state index in [0.29, 0.717) is 5.95 Å². The summed E-state index contributed by atoms with van der Waals surface area (Å²) in [6.45, 7) is 7.43. The molecular weight excluding hydrogens is 390 g/mol. The maximum atomic E-state index is 12.6. The molecule has 0 aliphatic carbocycles. The maximum absolute atomic E-state index is 12.6. The molecule has 2 aromatic carbocycles. The van der Waals surface area contributed by atoms with Crippen molar-refractivity contribution in [2.75, 3.05) is 51.3 Å². The first kappa shape index (κ1) is 21.2. The van der Waals surface area contributed by atoms with E-state index in [9.17, 15) is 4.79 Å². The molecule has 31 heavy (non-hydrogen) atoms. The first-order chi connectivity index (χ1) is 15.2. The van der Waals surface area contributed by atoms with Crippen LogP contribution in [0.5, 0.6) is 0 Å². The zero-order chi connectivity index (χ0) is 21.5. The number of imidazole rings is 1. The van der Waals surface area contributed by atoms with Crippen LogP contribution in [0.4, 0.5) is 5.95 Å². The molecular formula is C24H29N5O2. The predicted molar refractivity (Wildman–Crippen MR) is 122 cm³/mol. The summed E-state index contributed by atoms with van der Waals surface area (Å²) in [5.74, 6) is 0.408. The van der Waals surface area contributed by atoms with E-state index >= 15 is 0 Å². The van der Waals surface area contributed by atoms with Crippen molar-refractivity contribution in [2.24, 2.45) is 0 Å². The highest BCUT2D eigenvalue weighted by atomic mass is 16.5. The minimum Gasteiger partial charge on any atom is -0.379 e. The second-order valence-electron chi connectivity index (χ2n) is 7.70. The van der Waals surface area contributed by atoms with E-state index in [0.717, 1.165) is 61.9 Å². The van der Waals surface area contributed by atoms with Crippen molar-refractivity contribution in [1.29, 1.82) is 0 Å². The standard InChI is InChI=1S/C24H29N5O2/c1-19-6-5-9-21(16-19)29-18-22(20-7-3-2-4-8-20)26-24(29)27-23(30)17-25-10-11-28-12-14-31-15-13-28/h2-9,16,18,25H,10-15,17H2,1H3,(H,26,27,30). The Bertz CT molecular complexity index is 996. The predicted octanol–water partition coefficient (Wildman–Crippen LogP) is 2.71. The molecule has 1 aromatic heterocycles. The van der Waals surface area contributed by atoms with E-state index in [1.165, 1.54) is 0 Å². The van der Waals surface area contributed by atoms with Gasteiger partial charge in [-0.05, 0) is 24.6 Å². The van der Waals surface area contributed by atoms with Crippen molar-refractivity contribution < 1.29 is 9.53 Å². The van der Waals surface area contributed by atoms with Crippen molar-refractivity contribution in [1.82, 2.24) is 19.8 Å². The van der Waals surface area contributed by atoms with Gasteiger partial charge in [-0.1, -0.05) is 42.5 Å². The molecule has 1 amide bonds. The third-order valence-electron chi connectivity index (χ3n) is 5.30. The van der Waals surface area contributed by atoms with Crippen LogP contribution in [0, 0.1) is 6.92 Å². The van der Waals surface area contributed by atoms with E-state index in [-0.39, 0.29) is 12.5 Å². The number of carbonyl (C=O) groups excluding carboxylic acids is 1. The minimum atomic E-state index is -0.110. The number of rotatable bonds is 8. The van der Waals surface area contributed by atoms with Crippen LogP contribution < -0.4 is 10.6 Å². The number of carbonyl (C=O) groups is 1. The number of benzene rings is 2. The molecule has 2 heterocycles. The summed E-state index contributed by atoms with van der Waals surface area (Å²) in [7, 11) is 0. The van der Waals surface area contributed by atoms with E-state index in [1.807, 2.05) is 53.2 Å². The van der Waals surface area contributed by atoms with Crippen molar-refractivity contribution in [3.05, 3.63) is 66.4 Å². The summed E-state index contributed by atoms with van der Waals surface area (Å²) in [5, 5.41) is 6.20. The fraction of sp³-hybridized carbons (Fsp3) is 0.333. The van der Waals surface area contributed by atoms with Gasteiger partial charge in [0.1, 0.15) is 0 Å². The van der Waals surface area contributed by atoms with Crippen molar-refractivity contribution in [2.45, 2.75) is 6.92 Å². The number of anilines is 1. The summed E-state index contributed by atoms with van der Waals surface area (Å²) in [5.41, 5.74) is 3.94. The molecule has 0 radical (unpaired) electrons. The topological polar surface area (TPSA) is 71.4 Å². The highest BCUT2D eigenvalue weighted by molar-refractivity contribution is 5.91. The third kappa shape index (κ3) is 5.79. The Morgan fingerprint density at radius 3 is 2.68 bits per heavy atom. The van der Waals surface area contributed by atoms with Gasteiger partial charge in [-0.3, -0.25) is 19.6 Å². The minimum absolute atomic E-state index is 0.110. The summed E-state index contributed by atoms with van der Waals surface area (Å²) in [6, 6.07) is 18.1. The van der Waals surface area contributed by atoms with Crippen molar-refractivity contribution >= 4 is 11.9 Å². The number of ether oxygens (including phenoxy) is 1. The second kappa shape index (κ2) is 10.3. The van der Waals surface area contributed by atoms with Gasteiger partial charge in [0, 0.05) is 43.6 Å². The number of amides is 1. The molecule has 7 heteroatoms. The Hall–Kier alpha value is -3.00. The molecule has 3 aromatic rings. The molecule has 162 valence electrons. The number of nitrogens with zero attached hydrogens (tertiary/aromatic N) is 3. The van der Waals surface area contributed by atoms with Crippen LogP contribution in [-0.2, 0) is 9.53 Å². The average Bonchev–Trinajstić information content (AvgIpc) is 3.22. The Kier molecular flexibility index (Phi) is 7.09. The lowest BCUT2D eigenvalue weighted by Gasteiger charge is -2.26. The summed E-state index contributed by atoms with van der Waals surface area (Å²) in [6.07, 6.45) is 1.96. The molecule has 0 atom stereocenters. The lowest BCUT2D eigenvalue weighted by molar-refractivity contribution is -0.115. The molecule has 2 N–H and O–H groups in total. The van der Waals surface area contributed by atoms with Crippen molar-refractivity contribution in [3.63, 3.8) is 0 Å². The van der Waals surface area contributed by atoms with Gasteiger partial charge in [-0.25, -0.2) is 4.98 Å². The largest absolute Gasteiger partial charge is 0.379 e. The Balaban J connectivity index is 1.43. The maximum Gasteiger partial charge on any atom is 0.240 e. The first-order valence-electron chi connectivity index (χ1n) is 10.7. The lowest BCUT2D eigenvalue weighted by atomic mass is 10.2. The molecule has 1 saturated heterocycles.